The van der Waals surface area contributed by atoms with Crippen LogP contribution in [-0.4, -0.2) is 63.0 Å². The van der Waals surface area contributed by atoms with E-state index in [1.807, 2.05) is 37.3 Å². The van der Waals surface area contributed by atoms with Crippen molar-refractivity contribution in [2.45, 2.75) is 96.0 Å². The highest BCUT2D eigenvalue weighted by atomic mass is 19.4. The summed E-state index contributed by atoms with van der Waals surface area (Å²) in [6.07, 6.45) is -6.34. The Morgan fingerprint density at radius 2 is 1.50 bits per heavy atom. The summed E-state index contributed by atoms with van der Waals surface area (Å²) >= 11 is 0. The minimum absolute atomic E-state index is 0.0284. The molecular weight excluding hydrogens is 642 g/mol. The molecule has 0 saturated carbocycles. The van der Waals surface area contributed by atoms with Crippen molar-refractivity contribution < 1.29 is 45.7 Å². The van der Waals surface area contributed by atoms with Gasteiger partial charge in [-0.25, -0.2) is 14.8 Å². The third-order valence-electron chi connectivity index (χ3n) is 7.94. The second-order valence-electron chi connectivity index (χ2n) is 12.8. The highest BCUT2D eigenvalue weighted by Crippen LogP contribution is 2.38. The second-order valence-corrected chi connectivity index (χ2v) is 12.8. The number of anilines is 1. The largest absolute Gasteiger partial charge is 0.488 e. The number of aliphatic hydroxyl groups is 1. The Kier molecular flexibility index (Phi) is 11.5. The van der Waals surface area contributed by atoms with Gasteiger partial charge in [-0.2, -0.15) is 26.3 Å². The van der Waals surface area contributed by atoms with Gasteiger partial charge in [0, 0.05) is 24.7 Å². The molecule has 2 aromatic carbocycles. The Bertz CT molecular complexity index is 1460. The van der Waals surface area contributed by atoms with Crippen molar-refractivity contribution in [3.05, 3.63) is 83.2 Å². The maximum absolute atomic E-state index is 13.8. The van der Waals surface area contributed by atoms with E-state index in [0.29, 0.717) is 37.8 Å². The number of hydrogen-bond donors (Lipinski definition) is 1. The lowest BCUT2D eigenvalue weighted by Gasteiger charge is -2.48. The fraction of sp³-hybridized carbons (Fsp3) is 0.500. The summed E-state index contributed by atoms with van der Waals surface area (Å²) in [5.74, 6) is 0.278. The lowest BCUT2D eigenvalue weighted by Crippen LogP contribution is -2.58. The first kappa shape index (κ1) is 36.8. The second kappa shape index (κ2) is 15.0. The molecule has 8 nitrogen and oxygen atoms in total. The highest BCUT2D eigenvalue weighted by Gasteiger charge is 2.43. The van der Waals surface area contributed by atoms with Crippen molar-refractivity contribution in [1.82, 2.24) is 14.9 Å². The predicted molar refractivity (Wildman–Crippen MR) is 166 cm³/mol. The molecule has 4 rings (SSSR count). The summed E-state index contributed by atoms with van der Waals surface area (Å²) in [4.78, 5) is 25.7. The van der Waals surface area contributed by atoms with Gasteiger partial charge in [0.2, 0.25) is 5.95 Å². The number of halogens is 6. The number of likely N-dealkylation sites (tertiary alicyclic amines) is 1. The normalized spacial score (nSPS) is 18.8. The van der Waals surface area contributed by atoms with Gasteiger partial charge >= 0.3 is 18.4 Å². The summed E-state index contributed by atoms with van der Waals surface area (Å²) in [6.45, 7) is 6.53. The fourth-order valence-corrected chi connectivity index (χ4v) is 5.91. The Labute approximate surface area is 275 Å². The molecule has 262 valence electrons. The number of aromatic nitrogens is 2. The lowest BCUT2D eigenvalue weighted by molar-refractivity contribution is -0.143. The van der Waals surface area contributed by atoms with Gasteiger partial charge in [0.1, 0.15) is 12.2 Å². The van der Waals surface area contributed by atoms with Crippen LogP contribution < -0.4 is 9.64 Å². The van der Waals surface area contributed by atoms with E-state index in [1.54, 1.807) is 30.6 Å². The van der Waals surface area contributed by atoms with Gasteiger partial charge in [-0.1, -0.05) is 37.3 Å². The van der Waals surface area contributed by atoms with E-state index in [-0.39, 0.29) is 49.1 Å². The molecule has 0 aliphatic carbocycles. The summed E-state index contributed by atoms with van der Waals surface area (Å²) < 4.78 is 94.0. The Morgan fingerprint density at radius 1 is 0.917 bits per heavy atom. The van der Waals surface area contributed by atoms with E-state index in [4.69, 9.17) is 14.6 Å². The molecule has 1 fully saturated rings. The Balaban J connectivity index is 1.80. The van der Waals surface area contributed by atoms with Gasteiger partial charge in [0.25, 0.3) is 0 Å². The predicted octanol–water partition coefficient (Wildman–Crippen LogP) is 7.68. The van der Waals surface area contributed by atoms with Gasteiger partial charge < -0.3 is 24.4 Å². The maximum atomic E-state index is 13.8. The molecule has 0 radical (unpaired) electrons. The van der Waals surface area contributed by atoms with Crippen LogP contribution in [0.4, 0.5) is 37.1 Å². The summed E-state index contributed by atoms with van der Waals surface area (Å²) in [5.41, 5.74) is -2.91. The van der Waals surface area contributed by atoms with Crippen LogP contribution in [0.3, 0.4) is 0 Å². The quantitative estimate of drug-likeness (QED) is 0.220. The first-order chi connectivity index (χ1) is 22.5. The molecule has 0 spiro atoms. The van der Waals surface area contributed by atoms with E-state index < -0.39 is 47.3 Å². The number of nitrogens with zero attached hydrogens (tertiary/aromatic N) is 4. The lowest BCUT2D eigenvalue weighted by atomic mass is 9.86. The van der Waals surface area contributed by atoms with Crippen LogP contribution in [0.2, 0.25) is 0 Å². The van der Waals surface area contributed by atoms with E-state index in [0.717, 1.165) is 5.56 Å². The van der Waals surface area contributed by atoms with Gasteiger partial charge in [-0.05, 0) is 75.8 Å². The molecular formula is C34H40F6N4O4. The van der Waals surface area contributed by atoms with Crippen LogP contribution >= 0.6 is 0 Å². The number of carbonyl (C=O) groups excluding carboxylic acids is 1. The zero-order valence-electron chi connectivity index (χ0n) is 27.2. The first-order valence-corrected chi connectivity index (χ1v) is 15.6. The number of rotatable bonds is 10. The molecule has 0 bridgehead atoms. The molecule has 3 atom stereocenters. The zero-order valence-corrected chi connectivity index (χ0v) is 27.2. The van der Waals surface area contributed by atoms with Crippen molar-refractivity contribution in [3.8, 4) is 5.75 Å². The van der Waals surface area contributed by atoms with Gasteiger partial charge in [0.05, 0.1) is 30.1 Å². The smallest absolute Gasteiger partial charge is 0.416 e. The summed E-state index contributed by atoms with van der Waals surface area (Å²) in [5, 5.41) is 9.09. The number of ether oxygens (including phenoxy) is 2. The summed E-state index contributed by atoms with van der Waals surface area (Å²) in [6, 6.07) is 9.64. The maximum Gasteiger partial charge on any atom is 0.416 e. The molecule has 2 heterocycles. The number of carbonyl (C=O) groups is 1. The number of piperidine rings is 1. The minimum atomic E-state index is -5.02. The number of benzene rings is 2. The van der Waals surface area contributed by atoms with Crippen LogP contribution in [0.5, 0.6) is 5.75 Å². The number of hydrogen-bond acceptors (Lipinski definition) is 7. The first-order valence-electron chi connectivity index (χ1n) is 15.6. The average molecular weight is 683 g/mol. The molecule has 3 aromatic rings. The third-order valence-corrected chi connectivity index (χ3v) is 7.94. The number of aliphatic hydroxyl groups excluding tert-OH is 1. The van der Waals surface area contributed by atoms with E-state index in [9.17, 15) is 31.1 Å². The van der Waals surface area contributed by atoms with Gasteiger partial charge in [-0.3, -0.25) is 0 Å². The fourth-order valence-electron chi connectivity index (χ4n) is 5.91. The highest BCUT2D eigenvalue weighted by molar-refractivity contribution is 5.69. The van der Waals surface area contributed by atoms with Gasteiger partial charge in [0.15, 0.2) is 5.75 Å². The van der Waals surface area contributed by atoms with Crippen molar-refractivity contribution in [2.24, 2.45) is 0 Å². The summed E-state index contributed by atoms with van der Waals surface area (Å²) in [7, 11) is 0. The van der Waals surface area contributed by atoms with Crippen molar-refractivity contribution >= 4 is 12.0 Å². The van der Waals surface area contributed by atoms with Crippen LogP contribution in [0.25, 0.3) is 0 Å². The molecule has 1 saturated heterocycles. The molecule has 1 amide bonds. The van der Waals surface area contributed by atoms with Crippen LogP contribution in [-0.2, 0) is 30.1 Å². The number of amides is 1. The molecule has 1 aromatic heterocycles. The van der Waals surface area contributed by atoms with Crippen molar-refractivity contribution in [2.75, 3.05) is 18.1 Å². The monoisotopic (exact) mass is 682 g/mol. The van der Waals surface area contributed by atoms with Crippen LogP contribution in [0.15, 0.2) is 60.9 Å². The van der Waals surface area contributed by atoms with Crippen LogP contribution in [0, 0.1) is 0 Å². The number of alkyl halides is 6. The molecule has 1 aliphatic heterocycles. The van der Waals surface area contributed by atoms with Gasteiger partial charge in [-0.15, -0.1) is 0 Å². The average Bonchev–Trinajstić information content (AvgIpc) is 3.01. The van der Waals surface area contributed by atoms with Crippen LogP contribution in [0.1, 0.15) is 69.2 Å². The Hall–Kier alpha value is -4.07. The Morgan fingerprint density at radius 3 is 2.02 bits per heavy atom. The molecule has 14 heteroatoms. The molecule has 1 aliphatic rings. The van der Waals surface area contributed by atoms with Crippen molar-refractivity contribution in [3.63, 3.8) is 0 Å². The van der Waals surface area contributed by atoms with E-state index >= 15 is 0 Å². The third kappa shape index (κ3) is 9.74. The topological polar surface area (TPSA) is 88.0 Å². The molecule has 48 heavy (non-hydrogen) atoms. The van der Waals surface area contributed by atoms with Crippen molar-refractivity contribution in [1.29, 1.82) is 0 Å². The minimum Gasteiger partial charge on any atom is -0.488 e. The SMILES string of the molecule is CC[C@@H]1C[C@H](N(Cc2cc(C(F)(F)F)cc(C(F)(F)F)c2)c2ncc(OCCO)cn2)C[C@H](Cc2ccccc2)N1C(=O)OC(C)(C)C. The zero-order chi connectivity index (χ0) is 35.3. The van der Waals surface area contributed by atoms with E-state index in [1.165, 1.54) is 12.4 Å². The molecule has 1 N–H and O–H groups in total. The molecule has 0 unspecified atom stereocenters. The van der Waals surface area contributed by atoms with E-state index in [2.05, 4.69) is 9.97 Å². The standard InChI is InChI=1S/C34H40F6N4O4/c1-5-26-17-27(18-28(15-22-9-7-6-8-10-22)44(26)31(46)48-32(2,3)4)43(30-41-19-29(20-42-30)47-12-11-45)21-23-13-24(33(35,36)37)16-25(14-23)34(38,39)40/h6-10,13-14,16,19-20,26-28,45H,5,11-12,15,17-18,21H2,1-4H3/t26-,27+,28+/m1/s1.